The van der Waals surface area contributed by atoms with Gasteiger partial charge in [-0.25, -0.2) is 14.8 Å². The van der Waals surface area contributed by atoms with Gasteiger partial charge < -0.3 is 29.3 Å². The zero-order valence-electron chi connectivity index (χ0n) is 21.4. The Balaban J connectivity index is 1.38. The molecule has 0 spiro atoms. The van der Waals surface area contributed by atoms with Gasteiger partial charge in [-0.05, 0) is 51.0 Å². The number of ether oxygens (including phenoxy) is 2. The molecule has 10 nitrogen and oxygen atoms in total. The largest absolute Gasteiger partial charge is 0.474 e. The van der Waals surface area contributed by atoms with Crippen molar-refractivity contribution in [2.45, 2.75) is 51.7 Å². The second-order valence-electron chi connectivity index (χ2n) is 10.2. The molecule has 1 N–H and O–H groups in total. The molecule has 36 heavy (non-hydrogen) atoms. The van der Waals surface area contributed by atoms with Crippen LogP contribution < -0.4 is 9.64 Å². The van der Waals surface area contributed by atoms with Gasteiger partial charge in [0, 0.05) is 63.4 Å². The van der Waals surface area contributed by atoms with E-state index in [1.165, 1.54) is 11.2 Å². The predicted octanol–water partition coefficient (Wildman–Crippen LogP) is 3.01. The van der Waals surface area contributed by atoms with E-state index in [0.29, 0.717) is 43.9 Å². The highest BCUT2D eigenvalue weighted by atomic mass is 16.6. The molecule has 0 aliphatic carbocycles. The molecular weight excluding hydrogens is 462 g/mol. The number of carbonyl (C=O) groups excluding carboxylic acids is 2. The molecule has 0 saturated carbocycles. The fourth-order valence-corrected chi connectivity index (χ4v) is 4.44. The highest BCUT2D eigenvalue weighted by molar-refractivity contribution is 5.95. The second-order valence-corrected chi connectivity index (χ2v) is 10.2. The standard InChI is InChI=1S/C26H35N5O5/c1-26(2,3)36-25(34)30-10-8-20(9-11-30)35-23-16-22(27-17-28-23)31-12-7-18-15-19(5-6-21(18)31)24(33)29(4)13-14-32/h5-6,15-17,20,32H,7-14H2,1-4H3. The van der Waals surface area contributed by atoms with E-state index < -0.39 is 5.60 Å². The minimum absolute atomic E-state index is 0.0400. The molecule has 0 radical (unpaired) electrons. The molecule has 2 amide bonds. The molecule has 4 rings (SSSR count). The van der Waals surface area contributed by atoms with Crippen LogP contribution in [0, 0.1) is 0 Å². The van der Waals surface area contributed by atoms with Gasteiger partial charge in [0.15, 0.2) is 0 Å². The molecule has 1 saturated heterocycles. The molecular formula is C26H35N5O5. The molecule has 1 aromatic carbocycles. The van der Waals surface area contributed by atoms with Crippen molar-refractivity contribution in [2.24, 2.45) is 0 Å². The van der Waals surface area contributed by atoms with E-state index in [1.807, 2.05) is 45.0 Å². The molecule has 2 aliphatic rings. The van der Waals surface area contributed by atoms with Gasteiger partial charge in [-0.2, -0.15) is 0 Å². The van der Waals surface area contributed by atoms with Gasteiger partial charge in [0.25, 0.3) is 5.91 Å². The third-order valence-electron chi connectivity index (χ3n) is 6.29. The maximum absolute atomic E-state index is 12.6. The number of hydrogen-bond acceptors (Lipinski definition) is 8. The van der Waals surface area contributed by atoms with Crippen LogP contribution in [0.1, 0.15) is 49.5 Å². The summed E-state index contributed by atoms with van der Waals surface area (Å²) in [6, 6.07) is 7.51. The topological polar surface area (TPSA) is 108 Å². The van der Waals surface area contributed by atoms with Crippen LogP contribution in [-0.4, -0.2) is 88.4 Å². The number of aliphatic hydroxyl groups is 1. The Hall–Kier alpha value is -3.40. The monoisotopic (exact) mass is 497 g/mol. The Labute approximate surface area is 211 Å². The van der Waals surface area contributed by atoms with Crippen molar-refractivity contribution in [2.75, 3.05) is 44.7 Å². The van der Waals surface area contributed by atoms with Crippen LogP contribution in [0.15, 0.2) is 30.6 Å². The van der Waals surface area contributed by atoms with Gasteiger partial charge >= 0.3 is 6.09 Å². The molecule has 194 valence electrons. The summed E-state index contributed by atoms with van der Waals surface area (Å²) in [4.78, 5) is 39.0. The third kappa shape index (κ3) is 6.04. The molecule has 1 fully saturated rings. The quantitative estimate of drug-likeness (QED) is 0.649. The Morgan fingerprint density at radius 1 is 1.14 bits per heavy atom. The van der Waals surface area contributed by atoms with Crippen molar-refractivity contribution < 1.29 is 24.2 Å². The first kappa shape index (κ1) is 25.7. The summed E-state index contributed by atoms with van der Waals surface area (Å²) in [7, 11) is 1.68. The van der Waals surface area contributed by atoms with Crippen molar-refractivity contribution in [1.29, 1.82) is 0 Å². The lowest BCUT2D eigenvalue weighted by atomic mass is 10.1. The highest BCUT2D eigenvalue weighted by Gasteiger charge is 2.28. The Morgan fingerprint density at radius 2 is 1.89 bits per heavy atom. The van der Waals surface area contributed by atoms with Crippen molar-refractivity contribution in [3.63, 3.8) is 0 Å². The molecule has 2 aliphatic heterocycles. The normalized spacial score (nSPS) is 16.0. The molecule has 0 atom stereocenters. The molecule has 3 heterocycles. The molecule has 0 unspecified atom stereocenters. The minimum atomic E-state index is -0.511. The number of benzene rings is 1. The fourth-order valence-electron chi connectivity index (χ4n) is 4.44. The van der Waals surface area contributed by atoms with Crippen molar-refractivity contribution in [1.82, 2.24) is 19.8 Å². The molecule has 1 aromatic heterocycles. The Morgan fingerprint density at radius 3 is 2.58 bits per heavy atom. The first-order valence-electron chi connectivity index (χ1n) is 12.4. The van der Waals surface area contributed by atoms with Crippen molar-refractivity contribution in [3.8, 4) is 5.88 Å². The van der Waals surface area contributed by atoms with E-state index in [4.69, 9.17) is 14.6 Å². The zero-order chi connectivity index (χ0) is 25.9. The van der Waals surface area contributed by atoms with Gasteiger partial charge in [-0.1, -0.05) is 0 Å². The van der Waals surface area contributed by atoms with E-state index in [-0.39, 0.29) is 24.7 Å². The van der Waals surface area contributed by atoms with E-state index in [0.717, 1.165) is 30.0 Å². The number of nitrogens with zero attached hydrogens (tertiary/aromatic N) is 5. The number of carbonyl (C=O) groups is 2. The number of amides is 2. The van der Waals surface area contributed by atoms with E-state index >= 15 is 0 Å². The van der Waals surface area contributed by atoms with Crippen LogP contribution in [0.4, 0.5) is 16.3 Å². The summed E-state index contributed by atoms with van der Waals surface area (Å²) >= 11 is 0. The van der Waals surface area contributed by atoms with Crippen LogP contribution in [-0.2, 0) is 11.2 Å². The SMILES string of the molecule is CN(CCO)C(=O)c1ccc2c(c1)CCN2c1cc(OC2CCN(C(=O)OC(C)(C)C)CC2)ncn1. The van der Waals surface area contributed by atoms with Gasteiger partial charge in [0.1, 0.15) is 23.9 Å². The average molecular weight is 498 g/mol. The maximum atomic E-state index is 12.6. The van der Waals surface area contributed by atoms with Gasteiger partial charge in [0.05, 0.1) is 6.61 Å². The first-order valence-corrected chi connectivity index (χ1v) is 12.4. The summed E-state index contributed by atoms with van der Waals surface area (Å²) in [6.45, 7) is 7.71. The summed E-state index contributed by atoms with van der Waals surface area (Å²) in [5.74, 6) is 1.13. The first-order chi connectivity index (χ1) is 17.1. The van der Waals surface area contributed by atoms with Crippen molar-refractivity contribution in [3.05, 3.63) is 41.7 Å². The minimum Gasteiger partial charge on any atom is -0.474 e. The van der Waals surface area contributed by atoms with Gasteiger partial charge in [-0.15, -0.1) is 0 Å². The highest BCUT2D eigenvalue weighted by Crippen LogP contribution is 2.35. The van der Waals surface area contributed by atoms with E-state index in [2.05, 4.69) is 14.9 Å². The van der Waals surface area contributed by atoms with E-state index in [1.54, 1.807) is 11.9 Å². The van der Waals surface area contributed by atoms with E-state index in [9.17, 15) is 9.59 Å². The summed E-state index contributed by atoms with van der Waals surface area (Å²) in [5, 5.41) is 9.10. The predicted molar refractivity (Wildman–Crippen MR) is 135 cm³/mol. The lowest BCUT2D eigenvalue weighted by Gasteiger charge is -2.33. The molecule has 0 bridgehead atoms. The second kappa shape index (κ2) is 10.7. The fraction of sp³-hybridized carbons (Fsp3) is 0.538. The lowest BCUT2D eigenvalue weighted by Crippen LogP contribution is -2.44. The molecule has 10 heteroatoms. The summed E-state index contributed by atoms with van der Waals surface area (Å²) in [5.41, 5.74) is 2.18. The lowest BCUT2D eigenvalue weighted by molar-refractivity contribution is 0.0123. The Bertz CT molecular complexity index is 1090. The average Bonchev–Trinajstić information content (AvgIpc) is 3.26. The number of likely N-dealkylation sites (N-methyl/N-ethyl adjacent to an activating group) is 1. The number of rotatable bonds is 6. The van der Waals surface area contributed by atoms with Crippen LogP contribution >= 0.6 is 0 Å². The third-order valence-corrected chi connectivity index (χ3v) is 6.29. The number of anilines is 2. The Kier molecular flexibility index (Phi) is 7.63. The van der Waals surface area contributed by atoms with Crippen LogP contribution in [0.25, 0.3) is 0 Å². The zero-order valence-corrected chi connectivity index (χ0v) is 21.4. The van der Waals surface area contributed by atoms with Gasteiger partial charge in [-0.3, -0.25) is 4.79 Å². The van der Waals surface area contributed by atoms with Crippen LogP contribution in [0.2, 0.25) is 0 Å². The number of fused-ring (bicyclic) bond motifs is 1. The number of aliphatic hydroxyl groups excluding tert-OH is 1. The number of hydrogen-bond donors (Lipinski definition) is 1. The number of piperidine rings is 1. The van der Waals surface area contributed by atoms with Gasteiger partial charge in [0.2, 0.25) is 5.88 Å². The van der Waals surface area contributed by atoms with Crippen LogP contribution in [0.3, 0.4) is 0 Å². The molecule has 2 aromatic rings. The van der Waals surface area contributed by atoms with Crippen LogP contribution in [0.5, 0.6) is 5.88 Å². The van der Waals surface area contributed by atoms with Crippen molar-refractivity contribution >= 4 is 23.5 Å². The summed E-state index contributed by atoms with van der Waals surface area (Å²) in [6.07, 6.45) is 3.37. The number of aromatic nitrogens is 2. The maximum Gasteiger partial charge on any atom is 0.410 e. The number of likely N-dealkylation sites (tertiary alicyclic amines) is 1. The smallest absolute Gasteiger partial charge is 0.410 e. The summed E-state index contributed by atoms with van der Waals surface area (Å²) < 4.78 is 11.6.